The van der Waals surface area contributed by atoms with E-state index in [1.165, 1.54) is 12.8 Å². The molecule has 0 aromatic heterocycles. The minimum absolute atomic E-state index is 0.0192. The maximum Gasteiger partial charge on any atom is 0.253 e. The standard InChI is InChI=1S/C28H36N4O3/c1-21-12-16-32(17-13-21)28(35)22-8-6-10-24(18-22)29-20-26(33)30-25-11-7-9-23(19-25)27(34)31-14-4-2-3-5-15-31/h6-11,18-19,21,29H,2-5,12-17,20H2,1H3,(H,30,33). The summed E-state index contributed by atoms with van der Waals surface area (Å²) in [4.78, 5) is 42.1. The van der Waals surface area contributed by atoms with Crippen LogP contribution in [-0.2, 0) is 4.79 Å². The molecule has 7 nitrogen and oxygen atoms in total. The number of anilines is 2. The molecule has 2 saturated heterocycles. The molecule has 186 valence electrons. The predicted octanol–water partition coefficient (Wildman–Crippen LogP) is 4.63. The second kappa shape index (κ2) is 11.9. The molecule has 2 heterocycles. The second-order valence-electron chi connectivity index (χ2n) is 9.74. The number of hydrogen-bond acceptors (Lipinski definition) is 4. The van der Waals surface area contributed by atoms with Crippen LogP contribution >= 0.6 is 0 Å². The number of benzene rings is 2. The molecular weight excluding hydrogens is 440 g/mol. The minimum atomic E-state index is -0.217. The Bertz CT molecular complexity index is 1040. The maximum absolute atomic E-state index is 12.9. The van der Waals surface area contributed by atoms with Crippen molar-refractivity contribution in [3.63, 3.8) is 0 Å². The molecule has 4 rings (SSSR count). The Morgan fingerprint density at radius 2 is 1.31 bits per heavy atom. The van der Waals surface area contributed by atoms with Gasteiger partial charge in [0.25, 0.3) is 11.8 Å². The summed E-state index contributed by atoms with van der Waals surface area (Å²) < 4.78 is 0. The van der Waals surface area contributed by atoms with Crippen molar-refractivity contribution in [3.8, 4) is 0 Å². The highest BCUT2D eigenvalue weighted by Gasteiger charge is 2.22. The van der Waals surface area contributed by atoms with Crippen LogP contribution in [0.1, 0.15) is 66.2 Å². The highest BCUT2D eigenvalue weighted by molar-refractivity contribution is 5.98. The summed E-state index contributed by atoms with van der Waals surface area (Å²) in [5.41, 5.74) is 2.54. The van der Waals surface area contributed by atoms with E-state index < -0.39 is 0 Å². The molecule has 0 radical (unpaired) electrons. The first kappa shape index (κ1) is 24.8. The normalized spacial score (nSPS) is 16.9. The van der Waals surface area contributed by atoms with Crippen molar-refractivity contribution >= 4 is 29.1 Å². The van der Waals surface area contributed by atoms with Crippen LogP contribution in [0, 0.1) is 5.92 Å². The molecule has 3 amide bonds. The fourth-order valence-corrected chi connectivity index (χ4v) is 4.73. The molecule has 0 bridgehead atoms. The van der Waals surface area contributed by atoms with Gasteiger partial charge in [-0.2, -0.15) is 0 Å². The highest BCUT2D eigenvalue weighted by Crippen LogP contribution is 2.20. The van der Waals surface area contributed by atoms with E-state index in [0.717, 1.165) is 57.5 Å². The van der Waals surface area contributed by atoms with E-state index in [2.05, 4.69) is 17.6 Å². The number of rotatable bonds is 6. The van der Waals surface area contributed by atoms with Crippen LogP contribution in [0.25, 0.3) is 0 Å². The Hall–Kier alpha value is -3.35. The van der Waals surface area contributed by atoms with Crippen molar-refractivity contribution in [3.05, 3.63) is 59.7 Å². The third-order valence-corrected chi connectivity index (χ3v) is 6.92. The van der Waals surface area contributed by atoms with Crippen LogP contribution in [-0.4, -0.2) is 60.2 Å². The summed E-state index contributed by atoms with van der Waals surface area (Å²) in [6.45, 7) is 5.44. The first-order valence-corrected chi connectivity index (χ1v) is 12.8. The Morgan fingerprint density at radius 1 is 0.771 bits per heavy atom. The number of amides is 3. The topological polar surface area (TPSA) is 81.8 Å². The molecule has 2 N–H and O–H groups in total. The van der Waals surface area contributed by atoms with Crippen LogP contribution in [0.3, 0.4) is 0 Å². The summed E-state index contributed by atoms with van der Waals surface area (Å²) >= 11 is 0. The van der Waals surface area contributed by atoms with Gasteiger partial charge >= 0.3 is 0 Å². The summed E-state index contributed by atoms with van der Waals surface area (Å²) in [7, 11) is 0. The number of nitrogens with one attached hydrogen (secondary N) is 2. The molecule has 2 fully saturated rings. The SMILES string of the molecule is CC1CCN(C(=O)c2cccc(NCC(=O)Nc3cccc(C(=O)N4CCCCCC4)c3)c2)CC1. The third-order valence-electron chi connectivity index (χ3n) is 6.92. The van der Waals surface area contributed by atoms with Crippen LogP contribution in [0.5, 0.6) is 0 Å². The van der Waals surface area contributed by atoms with Gasteiger partial charge in [-0.1, -0.05) is 31.9 Å². The van der Waals surface area contributed by atoms with Gasteiger partial charge in [-0.05, 0) is 68.0 Å². The Morgan fingerprint density at radius 3 is 1.94 bits per heavy atom. The van der Waals surface area contributed by atoms with E-state index in [1.54, 1.807) is 30.3 Å². The number of piperidine rings is 1. The van der Waals surface area contributed by atoms with E-state index in [1.807, 2.05) is 28.0 Å². The first-order chi connectivity index (χ1) is 17.0. The molecule has 0 spiro atoms. The molecule has 0 aliphatic carbocycles. The summed E-state index contributed by atoms with van der Waals surface area (Å²) in [6, 6.07) is 14.4. The Kier molecular flexibility index (Phi) is 8.40. The van der Waals surface area contributed by atoms with Crippen LogP contribution in [0.4, 0.5) is 11.4 Å². The molecule has 0 saturated carbocycles. The van der Waals surface area contributed by atoms with Gasteiger partial charge in [0, 0.05) is 48.7 Å². The van der Waals surface area contributed by atoms with Crippen molar-refractivity contribution in [1.82, 2.24) is 9.80 Å². The molecule has 2 aliphatic rings. The number of carbonyl (C=O) groups is 3. The zero-order chi connectivity index (χ0) is 24.6. The Balaban J connectivity index is 1.31. The zero-order valence-electron chi connectivity index (χ0n) is 20.6. The van der Waals surface area contributed by atoms with Crippen molar-refractivity contribution in [1.29, 1.82) is 0 Å². The third kappa shape index (κ3) is 6.84. The number of hydrogen-bond donors (Lipinski definition) is 2. The smallest absolute Gasteiger partial charge is 0.253 e. The van der Waals surface area contributed by atoms with Gasteiger partial charge in [0.15, 0.2) is 0 Å². The van der Waals surface area contributed by atoms with Gasteiger partial charge in [0.1, 0.15) is 0 Å². The predicted molar refractivity (Wildman–Crippen MR) is 139 cm³/mol. The lowest BCUT2D eigenvalue weighted by Crippen LogP contribution is -2.37. The molecule has 2 aromatic rings. The largest absolute Gasteiger partial charge is 0.376 e. The second-order valence-corrected chi connectivity index (χ2v) is 9.74. The summed E-state index contributed by atoms with van der Waals surface area (Å²) in [5, 5.41) is 5.98. The van der Waals surface area contributed by atoms with Crippen molar-refractivity contribution < 1.29 is 14.4 Å². The van der Waals surface area contributed by atoms with Crippen molar-refractivity contribution in [2.24, 2.45) is 5.92 Å². The maximum atomic E-state index is 12.9. The fourth-order valence-electron chi connectivity index (χ4n) is 4.73. The van der Waals surface area contributed by atoms with E-state index in [9.17, 15) is 14.4 Å². The van der Waals surface area contributed by atoms with E-state index in [-0.39, 0.29) is 24.3 Å². The van der Waals surface area contributed by atoms with Gasteiger partial charge in [-0.25, -0.2) is 0 Å². The lowest BCUT2D eigenvalue weighted by atomic mass is 9.98. The highest BCUT2D eigenvalue weighted by atomic mass is 16.2. The monoisotopic (exact) mass is 476 g/mol. The molecule has 2 aromatic carbocycles. The summed E-state index contributed by atoms with van der Waals surface area (Å²) in [5.74, 6) is 0.506. The molecule has 0 unspecified atom stereocenters. The lowest BCUT2D eigenvalue weighted by molar-refractivity contribution is -0.114. The van der Waals surface area contributed by atoms with Crippen LogP contribution in [0.15, 0.2) is 48.5 Å². The molecule has 0 atom stereocenters. The van der Waals surface area contributed by atoms with Gasteiger partial charge in [-0.15, -0.1) is 0 Å². The van der Waals surface area contributed by atoms with Crippen LogP contribution in [0.2, 0.25) is 0 Å². The average molecular weight is 477 g/mol. The number of nitrogens with zero attached hydrogens (tertiary/aromatic N) is 2. The fraction of sp³-hybridized carbons (Fsp3) is 0.464. The zero-order valence-corrected chi connectivity index (χ0v) is 20.6. The minimum Gasteiger partial charge on any atom is -0.376 e. The first-order valence-electron chi connectivity index (χ1n) is 12.8. The molecule has 2 aliphatic heterocycles. The van der Waals surface area contributed by atoms with Crippen molar-refractivity contribution in [2.75, 3.05) is 43.4 Å². The molecule has 7 heteroatoms. The Labute approximate surface area is 207 Å². The quantitative estimate of drug-likeness (QED) is 0.637. The number of carbonyl (C=O) groups excluding carboxylic acids is 3. The van der Waals surface area contributed by atoms with Crippen LogP contribution < -0.4 is 10.6 Å². The summed E-state index contributed by atoms with van der Waals surface area (Å²) in [6.07, 6.45) is 6.49. The number of likely N-dealkylation sites (tertiary alicyclic amines) is 2. The van der Waals surface area contributed by atoms with Gasteiger partial charge in [-0.3, -0.25) is 14.4 Å². The van der Waals surface area contributed by atoms with Gasteiger partial charge in [0.05, 0.1) is 6.54 Å². The van der Waals surface area contributed by atoms with Gasteiger partial charge in [0.2, 0.25) is 5.91 Å². The van der Waals surface area contributed by atoms with E-state index in [0.29, 0.717) is 22.7 Å². The van der Waals surface area contributed by atoms with Gasteiger partial charge < -0.3 is 20.4 Å². The van der Waals surface area contributed by atoms with Crippen molar-refractivity contribution in [2.45, 2.75) is 45.4 Å². The average Bonchev–Trinajstić information content (AvgIpc) is 3.17. The van der Waals surface area contributed by atoms with E-state index >= 15 is 0 Å². The lowest BCUT2D eigenvalue weighted by Gasteiger charge is -2.30. The molecular formula is C28H36N4O3. The van der Waals surface area contributed by atoms with E-state index in [4.69, 9.17) is 0 Å². The molecule has 35 heavy (non-hydrogen) atoms.